The molecule has 54 valence electrons. The lowest BCUT2D eigenvalue weighted by Gasteiger charge is -1.94. The Kier molecular flexibility index (Phi) is 2.03. The molecule has 4 heteroatoms. The molecule has 0 aromatic heterocycles. The molecule has 3 nitrogen and oxygen atoms in total. The number of benzene rings is 1. The van der Waals surface area contributed by atoms with Gasteiger partial charge in [-0.3, -0.25) is 0 Å². The lowest BCUT2D eigenvalue weighted by molar-refractivity contribution is 0.473. The highest BCUT2D eigenvalue weighted by Gasteiger charge is 1.96. The second kappa shape index (κ2) is 2.81. The van der Waals surface area contributed by atoms with Gasteiger partial charge in [0.25, 0.3) is 0 Å². The summed E-state index contributed by atoms with van der Waals surface area (Å²) in [5.74, 6) is 0.0799. The summed E-state index contributed by atoms with van der Waals surface area (Å²) in [7, 11) is -1.50. The van der Waals surface area contributed by atoms with Gasteiger partial charge in [0.1, 0.15) is 16.7 Å². The Morgan fingerprint density at radius 2 is 2.20 bits per heavy atom. The molecule has 0 aliphatic carbocycles. The van der Waals surface area contributed by atoms with E-state index >= 15 is 0 Å². The molecule has 0 fully saturated rings. The number of phenols is 1. The molecule has 0 aliphatic rings. The first-order chi connectivity index (χ1) is 4.70. The zero-order valence-electron chi connectivity index (χ0n) is 5.15. The van der Waals surface area contributed by atoms with Crippen molar-refractivity contribution in [3.05, 3.63) is 24.3 Å². The third-order valence-electron chi connectivity index (χ3n) is 1.05. The summed E-state index contributed by atoms with van der Waals surface area (Å²) in [6, 6.07) is 6.05. The van der Waals surface area contributed by atoms with Gasteiger partial charge in [0.15, 0.2) is 0 Å². The Morgan fingerprint density at radius 1 is 1.50 bits per heavy atom. The van der Waals surface area contributed by atoms with Crippen LogP contribution < -0.4 is 5.14 Å². The van der Waals surface area contributed by atoms with Crippen LogP contribution in [0.2, 0.25) is 0 Å². The molecule has 1 rings (SSSR count). The van der Waals surface area contributed by atoms with Crippen LogP contribution in [0, 0.1) is 0 Å². The van der Waals surface area contributed by atoms with Crippen molar-refractivity contribution >= 4 is 11.0 Å². The molecular weight excluding hydrogens is 150 g/mol. The summed E-state index contributed by atoms with van der Waals surface area (Å²) < 4.78 is 10.6. The molecule has 3 N–H and O–H groups in total. The minimum Gasteiger partial charge on any atom is -0.508 e. The first-order valence-corrected chi connectivity index (χ1v) is 3.86. The van der Waals surface area contributed by atoms with E-state index in [0.29, 0.717) is 4.90 Å². The first kappa shape index (κ1) is 7.24. The maximum absolute atomic E-state index is 10.6. The van der Waals surface area contributed by atoms with Crippen LogP contribution in [0.15, 0.2) is 29.2 Å². The highest BCUT2D eigenvalue weighted by molar-refractivity contribution is 7.82. The Bertz CT molecular complexity index is 262. The summed E-state index contributed by atoms with van der Waals surface area (Å²) in [6.45, 7) is 0. The lowest BCUT2D eigenvalue weighted by atomic mass is 10.3. The molecular formula is C6H7NO2S. The van der Waals surface area contributed by atoms with E-state index in [1.54, 1.807) is 12.1 Å². The molecule has 0 bridgehead atoms. The quantitative estimate of drug-likeness (QED) is 0.618. The molecule has 0 unspecified atom stereocenters. The van der Waals surface area contributed by atoms with Crippen LogP contribution in [-0.4, -0.2) is 9.32 Å². The van der Waals surface area contributed by atoms with Crippen molar-refractivity contribution in [2.45, 2.75) is 4.90 Å². The van der Waals surface area contributed by atoms with Crippen LogP contribution in [0.4, 0.5) is 0 Å². The molecule has 0 saturated carbocycles. The van der Waals surface area contributed by atoms with E-state index < -0.39 is 11.0 Å². The molecule has 0 heterocycles. The van der Waals surface area contributed by atoms with Crippen LogP contribution in [0.5, 0.6) is 5.75 Å². The zero-order valence-corrected chi connectivity index (χ0v) is 5.97. The van der Waals surface area contributed by atoms with Crippen LogP contribution in [0.25, 0.3) is 0 Å². The molecule has 1 atom stereocenters. The molecule has 10 heavy (non-hydrogen) atoms. The lowest BCUT2D eigenvalue weighted by Crippen LogP contribution is -2.01. The summed E-state index contributed by atoms with van der Waals surface area (Å²) >= 11 is 0. The van der Waals surface area contributed by atoms with Gasteiger partial charge < -0.3 is 5.11 Å². The third kappa shape index (κ3) is 1.55. The number of hydrogen-bond donors (Lipinski definition) is 2. The van der Waals surface area contributed by atoms with Crippen molar-refractivity contribution in [3.63, 3.8) is 0 Å². The van der Waals surface area contributed by atoms with Gasteiger partial charge in [0.2, 0.25) is 0 Å². The van der Waals surface area contributed by atoms with Crippen LogP contribution in [0.3, 0.4) is 0 Å². The molecule has 1 aromatic rings. The normalized spacial score (nSPS) is 12.9. The fourth-order valence-corrected chi connectivity index (χ4v) is 1.06. The highest BCUT2D eigenvalue weighted by Crippen LogP contribution is 2.11. The summed E-state index contributed by atoms with van der Waals surface area (Å²) in [5.41, 5.74) is 0. The molecule has 0 amide bonds. The first-order valence-electron chi connectivity index (χ1n) is 2.65. The predicted octanol–water partition coefficient (Wildman–Crippen LogP) is 0.374. The Labute approximate surface area is 61.1 Å². The molecule has 0 radical (unpaired) electrons. The van der Waals surface area contributed by atoms with E-state index in [1.807, 2.05) is 0 Å². The van der Waals surface area contributed by atoms with E-state index in [-0.39, 0.29) is 5.75 Å². The Balaban J connectivity index is 3.07. The summed E-state index contributed by atoms with van der Waals surface area (Å²) in [4.78, 5) is 0.431. The second-order valence-electron chi connectivity index (χ2n) is 1.79. The molecule has 0 saturated heterocycles. The average molecular weight is 157 g/mol. The number of aromatic hydroxyl groups is 1. The fraction of sp³-hybridized carbons (Fsp3) is 0. The van der Waals surface area contributed by atoms with E-state index in [4.69, 9.17) is 10.2 Å². The molecule has 1 aromatic carbocycles. The minimum absolute atomic E-state index is 0.0799. The van der Waals surface area contributed by atoms with Crippen molar-refractivity contribution in [2.24, 2.45) is 5.14 Å². The third-order valence-corrected chi connectivity index (χ3v) is 1.77. The Morgan fingerprint density at radius 3 is 2.60 bits per heavy atom. The van der Waals surface area contributed by atoms with Crippen molar-refractivity contribution in [3.8, 4) is 5.75 Å². The number of phenolic OH excluding ortho intramolecular Hbond substituents is 1. The van der Waals surface area contributed by atoms with E-state index in [2.05, 4.69) is 0 Å². The minimum atomic E-state index is -1.50. The van der Waals surface area contributed by atoms with Gasteiger partial charge in [0, 0.05) is 0 Å². The van der Waals surface area contributed by atoms with E-state index in [0.717, 1.165) is 0 Å². The molecule has 0 spiro atoms. The predicted molar refractivity (Wildman–Crippen MR) is 38.7 cm³/mol. The van der Waals surface area contributed by atoms with E-state index in [1.165, 1.54) is 12.1 Å². The van der Waals surface area contributed by atoms with Gasteiger partial charge in [-0.25, -0.2) is 9.35 Å². The van der Waals surface area contributed by atoms with Crippen molar-refractivity contribution in [2.75, 3.05) is 0 Å². The largest absolute Gasteiger partial charge is 0.508 e. The second-order valence-corrected chi connectivity index (χ2v) is 2.86. The summed E-state index contributed by atoms with van der Waals surface area (Å²) in [6.07, 6.45) is 0. The standard InChI is InChI=1S/C6H7NO2S/c7-10(9)6-3-1-2-5(8)4-6/h1-4,8H,7H2/t10-/m1/s1. The fourth-order valence-electron chi connectivity index (χ4n) is 0.609. The van der Waals surface area contributed by atoms with Crippen LogP contribution in [0.1, 0.15) is 0 Å². The van der Waals surface area contributed by atoms with Gasteiger partial charge >= 0.3 is 0 Å². The van der Waals surface area contributed by atoms with Gasteiger partial charge in [-0.15, -0.1) is 0 Å². The topological polar surface area (TPSA) is 63.3 Å². The van der Waals surface area contributed by atoms with Crippen molar-refractivity contribution in [1.82, 2.24) is 0 Å². The smallest absolute Gasteiger partial charge is 0.122 e. The van der Waals surface area contributed by atoms with Gasteiger partial charge in [0.05, 0.1) is 4.90 Å². The van der Waals surface area contributed by atoms with Crippen molar-refractivity contribution < 1.29 is 9.32 Å². The van der Waals surface area contributed by atoms with Crippen LogP contribution in [-0.2, 0) is 11.0 Å². The van der Waals surface area contributed by atoms with Gasteiger partial charge in [-0.05, 0) is 18.2 Å². The van der Waals surface area contributed by atoms with E-state index in [9.17, 15) is 4.21 Å². The number of nitrogens with two attached hydrogens (primary N) is 1. The number of hydrogen-bond acceptors (Lipinski definition) is 2. The molecule has 0 aliphatic heterocycles. The van der Waals surface area contributed by atoms with Crippen LogP contribution >= 0.6 is 0 Å². The maximum Gasteiger partial charge on any atom is 0.122 e. The Hall–Kier alpha value is -0.870. The van der Waals surface area contributed by atoms with Crippen molar-refractivity contribution in [1.29, 1.82) is 0 Å². The van der Waals surface area contributed by atoms with Gasteiger partial charge in [-0.1, -0.05) is 6.07 Å². The monoisotopic (exact) mass is 157 g/mol. The zero-order chi connectivity index (χ0) is 7.56. The average Bonchev–Trinajstić information content (AvgIpc) is 1.88. The number of rotatable bonds is 1. The van der Waals surface area contributed by atoms with Gasteiger partial charge in [-0.2, -0.15) is 0 Å². The highest BCUT2D eigenvalue weighted by atomic mass is 32.2. The summed E-state index contributed by atoms with van der Waals surface area (Å²) in [5, 5.41) is 13.9. The SMILES string of the molecule is N[S@](=O)c1cccc(O)c1. The maximum atomic E-state index is 10.6.